The second-order valence-electron chi connectivity index (χ2n) is 10.2. The quantitative estimate of drug-likeness (QED) is 0.141. The zero-order chi connectivity index (χ0) is 33.7. The van der Waals surface area contributed by atoms with Gasteiger partial charge in [-0.2, -0.15) is 0 Å². The predicted octanol–water partition coefficient (Wildman–Crippen LogP) is -1.06. The van der Waals surface area contributed by atoms with Gasteiger partial charge in [-0.1, -0.05) is 0 Å². The first-order chi connectivity index (χ1) is 22.0. The lowest BCUT2D eigenvalue weighted by Gasteiger charge is -2.40. The van der Waals surface area contributed by atoms with Gasteiger partial charge in [0.2, 0.25) is 17.8 Å². The lowest BCUT2D eigenvalue weighted by atomic mass is 9.99. The van der Waals surface area contributed by atoms with Gasteiger partial charge in [-0.05, 0) is 12.1 Å². The van der Waals surface area contributed by atoms with Gasteiger partial charge in [-0.15, -0.1) is 0 Å². The number of hydrogen-bond acceptors (Lipinski definition) is 17. The van der Waals surface area contributed by atoms with Gasteiger partial charge >= 0.3 is 5.97 Å². The number of aromatic hydroxyl groups is 1. The molecule has 0 radical (unpaired) electrons. The van der Waals surface area contributed by atoms with Crippen molar-refractivity contribution < 1.29 is 82.8 Å². The first-order valence-electron chi connectivity index (χ1n) is 13.9. The molecule has 6 N–H and O–H groups in total. The molecule has 2 fully saturated rings. The van der Waals surface area contributed by atoms with Crippen molar-refractivity contribution in [1.82, 2.24) is 0 Å². The molecule has 2 aliphatic rings. The van der Waals surface area contributed by atoms with Crippen LogP contribution in [-0.4, -0.2) is 141 Å². The molecule has 2 saturated heterocycles. The monoisotopic (exact) mass is 658 g/mol. The minimum atomic E-state index is -1.72. The molecular weight excluding hydrogens is 620 g/mol. The summed E-state index contributed by atoms with van der Waals surface area (Å²) in [6.07, 6.45) is -13.7. The standard InChI is InChI=1S/C29H38O17/c1-37-14-6-12(7-15(38-2)20(14)30)27(36)42-10-18-22(32)24(34)28(45-18)43-11-19-21(31)23(33)25(35)29(46-19)44-13-8-16(39-3)26(41-5)17(9-13)40-4/h6-9,18-19,21-25,28-35H,10-11H2,1-5H3/t18-,19-,21+,22+,23-,24+,25+,28+,29+/m0/s1. The van der Waals surface area contributed by atoms with E-state index in [1.807, 2.05) is 0 Å². The number of phenols is 1. The number of carbonyl (C=O) groups excluding carboxylic acids is 1. The van der Waals surface area contributed by atoms with Gasteiger partial charge < -0.3 is 78.0 Å². The van der Waals surface area contributed by atoms with Crippen molar-refractivity contribution >= 4 is 5.97 Å². The summed E-state index contributed by atoms with van der Waals surface area (Å²) in [4.78, 5) is 12.6. The fourth-order valence-corrected chi connectivity index (χ4v) is 4.84. The minimum absolute atomic E-state index is 0.0279. The van der Waals surface area contributed by atoms with E-state index < -0.39 is 74.5 Å². The van der Waals surface area contributed by atoms with Crippen LogP contribution < -0.4 is 28.4 Å². The van der Waals surface area contributed by atoms with Gasteiger partial charge in [0.1, 0.15) is 55.1 Å². The van der Waals surface area contributed by atoms with Gasteiger partial charge in [0, 0.05) is 12.1 Å². The van der Waals surface area contributed by atoms with E-state index in [2.05, 4.69) is 0 Å². The number of rotatable bonds is 13. The number of ether oxygens (including phenoxy) is 10. The van der Waals surface area contributed by atoms with Crippen molar-refractivity contribution in [3.63, 3.8) is 0 Å². The van der Waals surface area contributed by atoms with E-state index in [1.54, 1.807) is 0 Å². The maximum atomic E-state index is 12.6. The Bertz CT molecular complexity index is 1290. The molecule has 0 amide bonds. The molecule has 2 heterocycles. The van der Waals surface area contributed by atoms with Crippen LogP contribution in [0.15, 0.2) is 24.3 Å². The third-order valence-corrected chi connectivity index (χ3v) is 7.40. The number of methoxy groups -OCH3 is 5. The number of aliphatic hydroxyl groups excluding tert-OH is 5. The summed E-state index contributed by atoms with van der Waals surface area (Å²) in [5, 5.41) is 62.6. The molecule has 17 heteroatoms. The highest BCUT2D eigenvalue weighted by atomic mass is 16.7. The molecular formula is C29H38O17. The Hall–Kier alpha value is -3.81. The highest BCUT2D eigenvalue weighted by Gasteiger charge is 2.48. The van der Waals surface area contributed by atoms with Crippen LogP contribution in [0.3, 0.4) is 0 Å². The van der Waals surface area contributed by atoms with Crippen LogP contribution in [-0.2, 0) is 18.9 Å². The van der Waals surface area contributed by atoms with Gasteiger partial charge in [0.05, 0.1) is 47.7 Å². The van der Waals surface area contributed by atoms with E-state index in [-0.39, 0.29) is 45.8 Å². The summed E-state index contributed by atoms with van der Waals surface area (Å²) in [7, 11) is 6.79. The molecule has 0 bridgehead atoms. The highest BCUT2D eigenvalue weighted by Crippen LogP contribution is 2.42. The first-order valence-corrected chi connectivity index (χ1v) is 13.9. The van der Waals surface area contributed by atoms with E-state index >= 15 is 0 Å². The average molecular weight is 659 g/mol. The molecule has 17 nitrogen and oxygen atoms in total. The number of carbonyl (C=O) groups is 1. The number of phenolic OH excluding ortho intramolecular Hbond substituents is 1. The molecule has 4 rings (SSSR count). The lowest BCUT2D eigenvalue weighted by Crippen LogP contribution is -2.60. The van der Waals surface area contributed by atoms with E-state index in [1.165, 1.54) is 59.8 Å². The van der Waals surface area contributed by atoms with Gasteiger partial charge in [0.25, 0.3) is 0 Å². The predicted molar refractivity (Wildman–Crippen MR) is 152 cm³/mol. The van der Waals surface area contributed by atoms with Crippen molar-refractivity contribution in [2.24, 2.45) is 0 Å². The molecule has 46 heavy (non-hydrogen) atoms. The van der Waals surface area contributed by atoms with Crippen LogP contribution in [0.5, 0.6) is 40.2 Å². The molecule has 0 spiro atoms. The largest absolute Gasteiger partial charge is 0.502 e. The summed E-state index contributed by atoms with van der Waals surface area (Å²) in [5.74, 6) is -0.353. The Balaban J connectivity index is 1.37. The maximum absolute atomic E-state index is 12.6. The second-order valence-corrected chi connectivity index (χ2v) is 10.2. The first kappa shape index (κ1) is 35.1. The van der Waals surface area contributed by atoms with Crippen LogP contribution in [0.4, 0.5) is 0 Å². The Kier molecular flexibility index (Phi) is 11.6. The van der Waals surface area contributed by atoms with E-state index in [4.69, 9.17) is 47.4 Å². The van der Waals surface area contributed by atoms with E-state index in [0.29, 0.717) is 0 Å². The fraction of sp³-hybridized carbons (Fsp3) is 0.552. The molecule has 256 valence electrons. The number of aliphatic hydroxyl groups is 5. The van der Waals surface area contributed by atoms with Crippen LogP contribution in [0.2, 0.25) is 0 Å². The van der Waals surface area contributed by atoms with Crippen molar-refractivity contribution in [2.45, 2.75) is 55.3 Å². The van der Waals surface area contributed by atoms with Crippen LogP contribution in [0.25, 0.3) is 0 Å². The Morgan fingerprint density at radius 1 is 0.652 bits per heavy atom. The van der Waals surface area contributed by atoms with Crippen LogP contribution in [0.1, 0.15) is 10.4 Å². The van der Waals surface area contributed by atoms with Crippen molar-refractivity contribution in [3.05, 3.63) is 29.8 Å². The second kappa shape index (κ2) is 15.2. The lowest BCUT2D eigenvalue weighted by molar-refractivity contribution is -0.290. The van der Waals surface area contributed by atoms with Gasteiger partial charge in [0.15, 0.2) is 29.3 Å². The third-order valence-electron chi connectivity index (χ3n) is 7.40. The zero-order valence-corrected chi connectivity index (χ0v) is 25.6. The third kappa shape index (κ3) is 7.26. The molecule has 2 aromatic carbocycles. The summed E-state index contributed by atoms with van der Waals surface area (Å²) >= 11 is 0. The van der Waals surface area contributed by atoms with Gasteiger partial charge in [-0.3, -0.25) is 0 Å². The van der Waals surface area contributed by atoms with Gasteiger partial charge in [-0.25, -0.2) is 4.79 Å². The Labute approximate surface area is 263 Å². The Morgan fingerprint density at radius 3 is 1.70 bits per heavy atom. The summed E-state index contributed by atoms with van der Waals surface area (Å²) in [5.41, 5.74) is -0.0279. The maximum Gasteiger partial charge on any atom is 0.338 e. The van der Waals surface area contributed by atoms with Crippen LogP contribution >= 0.6 is 0 Å². The smallest absolute Gasteiger partial charge is 0.338 e. The molecule has 0 unspecified atom stereocenters. The summed E-state index contributed by atoms with van der Waals surface area (Å²) < 4.78 is 53.7. The fourth-order valence-electron chi connectivity index (χ4n) is 4.84. The number of esters is 1. The molecule has 2 aromatic rings. The molecule has 9 atom stereocenters. The number of benzene rings is 2. The van der Waals surface area contributed by atoms with Crippen LogP contribution in [0, 0.1) is 0 Å². The minimum Gasteiger partial charge on any atom is -0.502 e. The van der Waals surface area contributed by atoms with E-state index in [9.17, 15) is 35.4 Å². The summed E-state index contributed by atoms with van der Waals surface area (Å²) in [6.45, 7) is -0.991. The average Bonchev–Trinajstić information content (AvgIpc) is 3.34. The van der Waals surface area contributed by atoms with Crippen molar-refractivity contribution in [2.75, 3.05) is 48.8 Å². The zero-order valence-electron chi connectivity index (χ0n) is 25.6. The highest BCUT2D eigenvalue weighted by molar-refractivity contribution is 5.91. The molecule has 0 aliphatic carbocycles. The SMILES string of the molecule is COc1cc(C(=O)OC[C@@H]2O[C@@H](OC[C@@H]3O[C@@H](Oc4cc(OC)c(OC)c(OC)c4)[C@H](O)[C@@H](O)[C@@H]3O)[C@H](O)[C@@H]2O)cc(OC)c1O. The number of hydrogen-bond donors (Lipinski definition) is 6. The summed E-state index contributed by atoms with van der Waals surface area (Å²) in [6, 6.07) is 5.33. The normalized spacial score (nSPS) is 29.1. The van der Waals surface area contributed by atoms with E-state index in [0.717, 1.165) is 0 Å². The van der Waals surface area contributed by atoms with Crippen molar-refractivity contribution in [1.29, 1.82) is 0 Å². The molecule has 0 aromatic heterocycles. The molecule has 0 saturated carbocycles. The topological polar surface area (TPSA) is 231 Å². The Morgan fingerprint density at radius 2 is 1.15 bits per heavy atom. The molecule has 2 aliphatic heterocycles. The van der Waals surface area contributed by atoms with Crippen molar-refractivity contribution in [3.8, 4) is 40.2 Å².